The van der Waals surface area contributed by atoms with Gasteiger partial charge < -0.3 is 9.64 Å². The van der Waals surface area contributed by atoms with Gasteiger partial charge in [0.1, 0.15) is 23.7 Å². The lowest BCUT2D eigenvalue weighted by Gasteiger charge is -2.23. The van der Waals surface area contributed by atoms with Crippen LogP contribution in [0.1, 0.15) is 51.7 Å². The molecule has 0 N–H and O–H groups in total. The summed E-state index contributed by atoms with van der Waals surface area (Å²) < 4.78 is 62.6. The van der Waals surface area contributed by atoms with Crippen LogP contribution in [0.15, 0.2) is 36.4 Å². The highest BCUT2D eigenvalue weighted by molar-refractivity contribution is 5.95. The molecule has 1 aliphatic carbocycles. The van der Waals surface area contributed by atoms with Crippen LogP contribution in [0.3, 0.4) is 0 Å². The number of esters is 1. The number of aromatic nitrogens is 2. The van der Waals surface area contributed by atoms with Gasteiger partial charge in [-0.2, -0.15) is 18.3 Å². The van der Waals surface area contributed by atoms with Gasteiger partial charge in [-0.15, -0.1) is 0 Å². The minimum absolute atomic E-state index is 0.0728. The van der Waals surface area contributed by atoms with Crippen molar-refractivity contribution in [3.63, 3.8) is 0 Å². The summed E-state index contributed by atoms with van der Waals surface area (Å²) in [5.41, 5.74) is -0.778. The SMILES string of the molecule is CCN(Cc1cc(C(F)(F)F)ccc1-c1nn(CC(=O)OC(C)(C)C)c2cccc(F)c12)C(=O)C1CC1. The molecule has 1 saturated carbocycles. The highest BCUT2D eigenvalue weighted by Crippen LogP contribution is 2.38. The van der Waals surface area contributed by atoms with Gasteiger partial charge in [-0.3, -0.25) is 14.3 Å². The summed E-state index contributed by atoms with van der Waals surface area (Å²) in [7, 11) is 0. The fourth-order valence-electron chi connectivity index (χ4n) is 4.26. The van der Waals surface area contributed by atoms with Crippen LogP contribution in [0.4, 0.5) is 17.6 Å². The van der Waals surface area contributed by atoms with E-state index in [2.05, 4.69) is 5.10 Å². The van der Waals surface area contributed by atoms with Crippen molar-refractivity contribution in [3.8, 4) is 11.3 Å². The second-order valence-corrected chi connectivity index (χ2v) is 10.2. The van der Waals surface area contributed by atoms with E-state index in [1.807, 2.05) is 0 Å². The van der Waals surface area contributed by atoms with Crippen LogP contribution in [0, 0.1) is 11.7 Å². The molecule has 1 heterocycles. The molecule has 0 atom stereocenters. The molecule has 4 rings (SSSR count). The summed E-state index contributed by atoms with van der Waals surface area (Å²) in [4.78, 5) is 26.8. The number of rotatable bonds is 7. The Kier molecular flexibility index (Phi) is 7.05. The second-order valence-electron chi connectivity index (χ2n) is 10.2. The first-order chi connectivity index (χ1) is 17.3. The standard InChI is InChI=1S/C27H29F4N3O3/c1-5-33(25(36)16-9-10-16)14-17-13-18(27(29,30)31)11-12-19(17)24-23-20(28)7-6-8-21(23)34(32-24)15-22(35)37-26(2,3)4/h6-8,11-13,16H,5,9-10,14-15H2,1-4H3. The van der Waals surface area contributed by atoms with Crippen molar-refractivity contribution in [2.24, 2.45) is 5.92 Å². The summed E-state index contributed by atoms with van der Waals surface area (Å²) in [6.07, 6.45) is -3.08. The topological polar surface area (TPSA) is 64.4 Å². The van der Waals surface area contributed by atoms with E-state index in [1.165, 1.54) is 27.8 Å². The first kappa shape index (κ1) is 26.6. The van der Waals surface area contributed by atoms with E-state index in [4.69, 9.17) is 4.74 Å². The zero-order valence-electron chi connectivity index (χ0n) is 21.2. The minimum Gasteiger partial charge on any atom is -0.459 e. The highest BCUT2D eigenvalue weighted by atomic mass is 19.4. The Morgan fingerprint density at radius 1 is 1.14 bits per heavy atom. The van der Waals surface area contributed by atoms with E-state index in [0.29, 0.717) is 12.1 Å². The number of ether oxygens (including phenoxy) is 1. The first-order valence-electron chi connectivity index (χ1n) is 12.1. The Labute approximate surface area is 212 Å². The summed E-state index contributed by atoms with van der Waals surface area (Å²) in [6.45, 7) is 6.83. The van der Waals surface area contributed by atoms with Crippen molar-refractivity contribution in [2.45, 2.75) is 65.4 Å². The first-order valence-corrected chi connectivity index (χ1v) is 12.1. The van der Waals surface area contributed by atoms with E-state index in [-0.39, 0.29) is 47.1 Å². The number of alkyl halides is 3. The number of benzene rings is 2. The summed E-state index contributed by atoms with van der Waals surface area (Å²) in [6, 6.07) is 7.42. The Bertz CT molecular complexity index is 1340. The van der Waals surface area contributed by atoms with Gasteiger partial charge in [-0.05, 0) is 70.4 Å². The molecule has 37 heavy (non-hydrogen) atoms. The molecule has 198 valence electrons. The van der Waals surface area contributed by atoms with Crippen molar-refractivity contribution in [1.29, 1.82) is 0 Å². The van der Waals surface area contributed by atoms with Crippen LogP contribution in [0.25, 0.3) is 22.2 Å². The van der Waals surface area contributed by atoms with Crippen molar-refractivity contribution < 1.29 is 31.9 Å². The minimum atomic E-state index is -4.60. The number of fused-ring (bicyclic) bond motifs is 1. The second kappa shape index (κ2) is 9.79. The molecule has 2 aromatic carbocycles. The lowest BCUT2D eigenvalue weighted by Crippen LogP contribution is -2.31. The van der Waals surface area contributed by atoms with Gasteiger partial charge in [0.25, 0.3) is 0 Å². The number of halogens is 4. The van der Waals surface area contributed by atoms with Gasteiger partial charge in [0.05, 0.1) is 16.5 Å². The fourth-order valence-corrected chi connectivity index (χ4v) is 4.26. The predicted octanol–water partition coefficient (Wildman–Crippen LogP) is 5.96. The van der Waals surface area contributed by atoms with E-state index in [9.17, 15) is 22.8 Å². The fraction of sp³-hybridized carbons (Fsp3) is 0.444. The third-order valence-electron chi connectivity index (χ3n) is 6.09. The van der Waals surface area contributed by atoms with Gasteiger partial charge in [0.15, 0.2) is 0 Å². The van der Waals surface area contributed by atoms with Crippen molar-refractivity contribution in [2.75, 3.05) is 6.54 Å². The predicted molar refractivity (Wildman–Crippen MR) is 130 cm³/mol. The molecule has 0 spiro atoms. The molecule has 0 radical (unpaired) electrons. The van der Waals surface area contributed by atoms with E-state index >= 15 is 4.39 Å². The molecule has 1 fully saturated rings. The van der Waals surface area contributed by atoms with Gasteiger partial charge in [-0.25, -0.2) is 4.39 Å². The van der Waals surface area contributed by atoms with Crippen LogP contribution >= 0.6 is 0 Å². The van der Waals surface area contributed by atoms with E-state index in [1.54, 1.807) is 33.8 Å². The number of nitrogens with zero attached hydrogens (tertiary/aromatic N) is 3. The Morgan fingerprint density at radius 2 is 1.84 bits per heavy atom. The molecule has 1 aliphatic rings. The molecule has 3 aromatic rings. The highest BCUT2D eigenvalue weighted by Gasteiger charge is 2.35. The summed E-state index contributed by atoms with van der Waals surface area (Å²) >= 11 is 0. The number of carbonyl (C=O) groups is 2. The Hall–Kier alpha value is -3.43. The maximum atomic E-state index is 15.1. The molecule has 0 unspecified atom stereocenters. The van der Waals surface area contributed by atoms with Crippen LogP contribution in [-0.2, 0) is 33.6 Å². The number of carbonyl (C=O) groups excluding carboxylic acids is 2. The molecule has 1 aromatic heterocycles. The Balaban J connectivity index is 1.84. The smallest absolute Gasteiger partial charge is 0.416 e. The number of hydrogen-bond donors (Lipinski definition) is 0. The van der Waals surface area contributed by atoms with E-state index < -0.39 is 29.1 Å². The molecule has 6 nitrogen and oxygen atoms in total. The molecule has 0 saturated heterocycles. The zero-order chi connectivity index (χ0) is 27.1. The molecule has 0 bridgehead atoms. The van der Waals surface area contributed by atoms with Crippen LogP contribution in [0.5, 0.6) is 0 Å². The Morgan fingerprint density at radius 3 is 2.43 bits per heavy atom. The summed E-state index contributed by atoms with van der Waals surface area (Å²) in [5.74, 6) is -1.44. The third kappa shape index (κ3) is 5.94. The van der Waals surface area contributed by atoms with E-state index in [0.717, 1.165) is 25.0 Å². The molecule has 1 amide bonds. The zero-order valence-corrected chi connectivity index (χ0v) is 21.2. The van der Waals surface area contributed by atoms with Crippen molar-refractivity contribution in [3.05, 3.63) is 53.3 Å². The lowest BCUT2D eigenvalue weighted by atomic mass is 9.98. The van der Waals surface area contributed by atoms with Crippen LogP contribution in [0.2, 0.25) is 0 Å². The average Bonchev–Trinajstić information content (AvgIpc) is 3.58. The molecule has 0 aliphatic heterocycles. The quantitative estimate of drug-likeness (QED) is 0.285. The average molecular weight is 520 g/mol. The molecular formula is C27H29F4N3O3. The van der Waals surface area contributed by atoms with Gasteiger partial charge in [0.2, 0.25) is 5.91 Å². The largest absolute Gasteiger partial charge is 0.459 e. The number of amides is 1. The van der Waals surface area contributed by atoms with Crippen molar-refractivity contribution in [1.82, 2.24) is 14.7 Å². The monoisotopic (exact) mass is 519 g/mol. The van der Waals surface area contributed by atoms with Crippen LogP contribution in [-0.4, -0.2) is 38.7 Å². The number of hydrogen-bond acceptors (Lipinski definition) is 4. The maximum Gasteiger partial charge on any atom is 0.416 e. The summed E-state index contributed by atoms with van der Waals surface area (Å²) in [5, 5.41) is 4.53. The maximum absolute atomic E-state index is 15.1. The third-order valence-corrected chi connectivity index (χ3v) is 6.09. The lowest BCUT2D eigenvalue weighted by molar-refractivity contribution is -0.155. The molecular weight excluding hydrogens is 490 g/mol. The van der Waals surface area contributed by atoms with Gasteiger partial charge >= 0.3 is 12.1 Å². The van der Waals surface area contributed by atoms with Crippen molar-refractivity contribution >= 4 is 22.8 Å². The van der Waals surface area contributed by atoms with Gasteiger partial charge in [-0.1, -0.05) is 12.1 Å². The normalized spacial score (nSPS) is 14.2. The van der Waals surface area contributed by atoms with Gasteiger partial charge in [0, 0.05) is 24.6 Å². The molecule has 10 heteroatoms. The van der Waals surface area contributed by atoms with Crippen LogP contribution < -0.4 is 0 Å².